The Morgan fingerprint density at radius 2 is 2.00 bits per heavy atom. The van der Waals surface area contributed by atoms with Gasteiger partial charge in [-0.05, 0) is 37.1 Å². The van der Waals surface area contributed by atoms with Gasteiger partial charge in [0.25, 0.3) is 11.8 Å². The van der Waals surface area contributed by atoms with Crippen molar-refractivity contribution in [2.75, 3.05) is 5.32 Å². The highest BCUT2D eigenvalue weighted by molar-refractivity contribution is 7.18. The smallest absolute Gasteiger partial charge is 0.291 e. The standard InChI is InChI=1S/C16H18N2O4S/c19-11-5-2-1-4-10(11)17-16(21)13-7-8-14(23-13)18-15(20)12-6-3-9-22-12/h3,6-11,19H,1-2,4-5H2,(H,17,21)(H,18,20). The summed E-state index contributed by atoms with van der Waals surface area (Å²) in [6, 6.07) is 6.35. The zero-order valence-electron chi connectivity index (χ0n) is 12.5. The van der Waals surface area contributed by atoms with Crippen molar-refractivity contribution in [3.8, 4) is 0 Å². The number of thiophene rings is 1. The summed E-state index contributed by atoms with van der Waals surface area (Å²) in [7, 11) is 0. The first kappa shape index (κ1) is 15.8. The fourth-order valence-electron chi connectivity index (χ4n) is 2.63. The summed E-state index contributed by atoms with van der Waals surface area (Å²) in [4.78, 5) is 24.6. The van der Waals surface area contributed by atoms with Crippen molar-refractivity contribution < 1.29 is 19.1 Å². The number of carbonyl (C=O) groups excluding carboxylic acids is 2. The molecular weight excluding hydrogens is 316 g/mol. The van der Waals surface area contributed by atoms with Crippen molar-refractivity contribution in [2.45, 2.75) is 37.8 Å². The van der Waals surface area contributed by atoms with Gasteiger partial charge >= 0.3 is 0 Å². The molecule has 23 heavy (non-hydrogen) atoms. The number of carbonyl (C=O) groups is 2. The minimum Gasteiger partial charge on any atom is -0.459 e. The summed E-state index contributed by atoms with van der Waals surface area (Å²) in [6.07, 6.45) is 4.47. The van der Waals surface area contributed by atoms with Crippen LogP contribution in [0.1, 0.15) is 45.9 Å². The third-order valence-corrected chi connectivity index (χ3v) is 4.86. The highest BCUT2D eigenvalue weighted by atomic mass is 32.1. The van der Waals surface area contributed by atoms with Crippen LogP contribution < -0.4 is 10.6 Å². The second-order valence-corrected chi connectivity index (χ2v) is 6.61. The molecule has 0 aromatic carbocycles. The summed E-state index contributed by atoms with van der Waals surface area (Å²) in [5.41, 5.74) is 0. The SMILES string of the molecule is O=C(Nc1ccc(C(=O)NC2CCCCC2O)s1)c1ccco1. The molecule has 1 aliphatic carbocycles. The largest absolute Gasteiger partial charge is 0.459 e. The lowest BCUT2D eigenvalue weighted by Crippen LogP contribution is -2.44. The molecule has 3 N–H and O–H groups in total. The van der Waals surface area contributed by atoms with E-state index < -0.39 is 6.10 Å². The molecule has 122 valence electrons. The number of furan rings is 1. The molecule has 0 spiro atoms. The van der Waals surface area contributed by atoms with E-state index in [1.165, 1.54) is 17.6 Å². The second-order valence-electron chi connectivity index (χ2n) is 5.53. The van der Waals surface area contributed by atoms with Gasteiger partial charge in [0.05, 0.1) is 28.3 Å². The van der Waals surface area contributed by atoms with Gasteiger partial charge in [0.1, 0.15) is 0 Å². The molecule has 6 nitrogen and oxygen atoms in total. The van der Waals surface area contributed by atoms with E-state index >= 15 is 0 Å². The minimum atomic E-state index is -0.481. The van der Waals surface area contributed by atoms with Gasteiger partial charge in [-0.3, -0.25) is 9.59 Å². The fraction of sp³-hybridized carbons (Fsp3) is 0.375. The first-order chi connectivity index (χ1) is 11.1. The van der Waals surface area contributed by atoms with Gasteiger partial charge < -0.3 is 20.2 Å². The lowest BCUT2D eigenvalue weighted by molar-refractivity contribution is 0.0720. The Kier molecular flexibility index (Phi) is 4.78. The summed E-state index contributed by atoms with van der Waals surface area (Å²) in [6.45, 7) is 0. The van der Waals surface area contributed by atoms with E-state index in [1.807, 2.05) is 0 Å². The Balaban J connectivity index is 1.60. The van der Waals surface area contributed by atoms with Gasteiger partial charge in [0.15, 0.2) is 5.76 Å². The third kappa shape index (κ3) is 3.80. The van der Waals surface area contributed by atoms with Crippen molar-refractivity contribution in [1.29, 1.82) is 0 Å². The molecular formula is C16H18N2O4S. The van der Waals surface area contributed by atoms with Crippen LogP contribution in [0.25, 0.3) is 0 Å². The van der Waals surface area contributed by atoms with E-state index in [2.05, 4.69) is 10.6 Å². The number of rotatable bonds is 4. The van der Waals surface area contributed by atoms with Crippen LogP contribution in [0.2, 0.25) is 0 Å². The molecule has 2 aromatic heterocycles. The monoisotopic (exact) mass is 334 g/mol. The molecule has 0 radical (unpaired) electrons. The van der Waals surface area contributed by atoms with Gasteiger partial charge in [-0.2, -0.15) is 0 Å². The average Bonchev–Trinajstić information content (AvgIpc) is 3.20. The zero-order valence-corrected chi connectivity index (χ0v) is 13.3. The van der Waals surface area contributed by atoms with E-state index in [0.717, 1.165) is 25.7 Å². The van der Waals surface area contributed by atoms with Gasteiger partial charge in [-0.1, -0.05) is 12.8 Å². The van der Waals surface area contributed by atoms with Crippen LogP contribution >= 0.6 is 11.3 Å². The minimum absolute atomic E-state index is 0.195. The van der Waals surface area contributed by atoms with Gasteiger partial charge in [0.2, 0.25) is 0 Å². The van der Waals surface area contributed by atoms with E-state index in [4.69, 9.17) is 4.42 Å². The predicted molar refractivity (Wildman–Crippen MR) is 86.7 cm³/mol. The molecule has 1 aliphatic rings. The second kappa shape index (κ2) is 6.97. The van der Waals surface area contributed by atoms with Crippen LogP contribution in [0.15, 0.2) is 34.9 Å². The van der Waals surface area contributed by atoms with Crippen LogP contribution in [0.4, 0.5) is 5.00 Å². The van der Waals surface area contributed by atoms with Crippen LogP contribution in [0.5, 0.6) is 0 Å². The van der Waals surface area contributed by atoms with Crippen LogP contribution in [-0.2, 0) is 0 Å². The molecule has 2 aromatic rings. The normalized spacial score (nSPS) is 20.9. The van der Waals surface area contributed by atoms with Crippen LogP contribution in [0, 0.1) is 0 Å². The number of hydrogen-bond acceptors (Lipinski definition) is 5. The summed E-state index contributed by atoms with van der Waals surface area (Å²) in [5.74, 6) is -0.360. The van der Waals surface area contributed by atoms with Crippen molar-refractivity contribution >= 4 is 28.2 Å². The quantitative estimate of drug-likeness (QED) is 0.801. The number of nitrogens with one attached hydrogen (secondary N) is 2. The molecule has 0 aliphatic heterocycles. The van der Waals surface area contributed by atoms with E-state index in [9.17, 15) is 14.7 Å². The maximum absolute atomic E-state index is 12.2. The van der Waals surface area contributed by atoms with Crippen LogP contribution in [0.3, 0.4) is 0 Å². The van der Waals surface area contributed by atoms with Crippen molar-refractivity contribution in [2.24, 2.45) is 0 Å². The predicted octanol–water partition coefficient (Wildman–Crippen LogP) is 2.63. The maximum Gasteiger partial charge on any atom is 0.291 e. The number of amides is 2. The van der Waals surface area contributed by atoms with E-state index in [-0.39, 0.29) is 23.6 Å². The molecule has 2 unspecified atom stereocenters. The topological polar surface area (TPSA) is 91.6 Å². The average molecular weight is 334 g/mol. The molecule has 3 rings (SSSR count). The lowest BCUT2D eigenvalue weighted by Gasteiger charge is -2.28. The highest BCUT2D eigenvalue weighted by Gasteiger charge is 2.25. The molecule has 2 atom stereocenters. The van der Waals surface area contributed by atoms with Crippen molar-refractivity contribution in [1.82, 2.24) is 5.32 Å². The van der Waals surface area contributed by atoms with E-state index in [1.54, 1.807) is 24.3 Å². The number of aliphatic hydroxyl groups is 1. The molecule has 2 amide bonds. The molecule has 1 saturated carbocycles. The number of aliphatic hydroxyl groups excluding tert-OH is 1. The summed E-state index contributed by atoms with van der Waals surface area (Å²) in [5, 5.41) is 16.0. The summed E-state index contributed by atoms with van der Waals surface area (Å²) < 4.78 is 5.02. The first-order valence-corrected chi connectivity index (χ1v) is 8.39. The zero-order chi connectivity index (χ0) is 16.2. The molecule has 0 saturated heterocycles. The first-order valence-electron chi connectivity index (χ1n) is 7.57. The van der Waals surface area contributed by atoms with Crippen molar-refractivity contribution in [3.63, 3.8) is 0 Å². The molecule has 2 heterocycles. The van der Waals surface area contributed by atoms with Gasteiger partial charge in [-0.15, -0.1) is 11.3 Å². The number of hydrogen-bond donors (Lipinski definition) is 3. The molecule has 1 fully saturated rings. The van der Waals surface area contributed by atoms with Gasteiger partial charge in [-0.25, -0.2) is 0 Å². The number of anilines is 1. The van der Waals surface area contributed by atoms with Crippen molar-refractivity contribution in [3.05, 3.63) is 41.2 Å². The summed E-state index contributed by atoms with van der Waals surface area (Å²) >= 11 is 1.19. The Morgan fingerprint density at radius 1 is 1.17 bits per heavy atom. The Morgan fingerprint density at radius 3 is 2.74 bits per heavy atom. The van der Waals surface area contributed by atoms with Gasteiger partial charge in [0, 0.05) is 0 Å². The Bertz CT molecular complexity index is 680. The fourth-order valence-corrected chi connectivity index (χ4v) is 3.43. The van der Waals surface area contributed by atoms with E-state index in [0.29, 0.717) is 9.88 Å². The highest BCUT2D eigenvalue weighted by Crippen LogP contribution is 2.24. The van der Waals surface area contributed by atoms with Crippen LogP contribution in [-0.4, -0.2) is 29.1 Å². The Labute approximate surface area is 137 Å². The maximum atomic E-state index is 12.2. The molecule has 7 heteroatoms. The Hall–Kier alpha value is -2.12. The molecule has 0 bridgehead atoms. The lowest BCUT2D eigenvalue weighted by atomic mass is 9.92. The third-order valence-electron chi connectivity index (χ3n) is 3.86.